The van der Waals surface area contributed by atoms with E-state index in [1.54, 1.807) is 6.92 Å². The fourth-order valence-electron chi connectivity index (χ4n) is 5.73. The second-order valence-corrected chi connectivity index (χ2v) is 11.4. The fraction of sp³-hybridized carbons (Fsp3) is 0.444. The standard InChI is InChI=1S/C36H50N4O2/c1-5-7-16-31(42)17-12-15-30-14-9-10-18-32(30)35(37)36(33-19-11-8-13-29(33)6-2)40(38)25-28-22-20-27(21-23-28)24-34(39-4)26(3)41/h8-11,13-14,18-23,34-36,39H,5-7,12,15-17,24-25,37-38H2,1-4H3. The van der Waals surface area contributed by atoms with Gasteiger partial charge in [-0.3, -0.25) is 15.4 Å². The molecule has 6 heteroatoms. The number of hydrazine groups is 1. The number of hydrogen-bond donors (Lipinski definition) is 3. The zero-order valence-corrected chi connectivity index (χ0v) is 25.9. The number of Topliss-reactive ketones (excluding diaryl/α,β-unsaturated/α-hetero) is 2. The number of aryl methyl sites for hydroxylation is 2. The lowest BCUT2D eigenvalue weighted by Crippen LogP contribution is -2.41. The summed E-state index contributed by atoms with van der Waals surface area (Å²) in [7, 11) is 1.82. The number of unbranched alkanes of at least 4 members (excludes halogenated alkanes) is 1. The van der Waals surface area contributed by atoms with Crippen LogP contribution in [0, 0.1) is 0 Å². The van der Waals surface area contributed by atoms with Crippen LogP contribution in [0.1, 0.15) is 98.3 Å². The first-order valence-electron chi connectivity index (χ1n) is 15.5. The van der Waals surface area contributed by atoms with Crippen molar-refractivity contribution in [1.82, 2.24) is 10.3 Å². The van der Waals surface area contributed by atoms with Crippen LogP contribution < -0.4 is 16.9 Å². The summed E-state index contributed by atoms with van der Waals surface area (Å²) in [6.07, 6.45) is 6.44. The molecule has 3 unspecified atom stereocenters. The van der Waals surface area contributed by atoms with Crippen molar-refractivity contribution in [3.63, 3.8) is 0 Å². The first kappa shape index (κ1) is 33.3. The van der Waals surface area contributed by atoms with Gasteiger partial charge in [-0.2, -0.15) is 0 Å². The molecular formula is C36H50N4O2. The van der Waals surface area contributed by atoms with Crippen molar-refractivity contribution in [3.05, 3.63) is 106 Å². The molecule has 0 fully saturated rings. The second kappa shape index (κ2) is 17.1. The summed E-state index contributed by atoms with van der Waals surface area (Å²) in [5.74, 6) is 7.39. The van der Waals surface area contributed by atoms with E-state index >= 15 is 0 Å². The SMILES string of the molecule is CCCCC(=O)CCCc1ccccc1C(N)C(c1ccccc1CC)N(N)Cc1ccc(CC(NC)C(C)=O)cc1. The molecule has 226 valence electrons. The van der Waals surface area contributed by atoms with Crippen molar-refractivity contribution >= 4 is 11.6 Å². The van der Waals surface area contributed by atoms with Gasteiger partial charge in [0.25, 0.3) is 0 Å². The van der Waals surface area contributed by atoms with E-state index in [4.69, 9.17) is 11.6 Å². The number of ketones is 2. The highest BCUT2D eigenvalue weighted by molar-refractivity contribution is 5.81. The van der Waals surface area contributed by atoms with E-state index < -0.39 is 0 Å². The van der Waals surface area contributed by atoms with Gasteiger partial charge in [0.05, 0.1) is 18.1 Å². The minimum Gasteiger partial charge on any atom is -0.322 e. The molecule has 3 atom stereocenters. The number of likely N-dealkylation sites (N-methyl/N-ethyl adjacent to an activating group) is 1. The minimum absolute atomic E-state index is 0.129. The van der Waals surface area contributed by atoms with Crippen LogP contribution in [0.15, 0.2) is 72.8 Å². The third-order valence-corrected chi connectivity index (χ3v) is 8.24. The molecule has 0 aliphatic rings. The molecule has 0 aliphatic carbocycles. The zero-order chi connectivity index (χ0) is 30.5. The minimum atomic E-state index is -0.360. The average molecular weight is 571 g/mol. The van der Waals surface area contributed by atoms with Crippen molar-refractivity contribution in [3.8, 4) is 0 Å². The van der Waals surface area contributed by atoms with Crippen LogP contribution in [-0.4, -0.2) is 29.7 Å². The van der Waals surface area contributed by atoms with Gasteiger partial charge in [0.1, 0.15) is 11.6 Å². The van der Waals surface area contributed by atoms with Crippen molar-refractivity contribution in [2.24, 2.45) is 11.6 Å². The normalized spacial score (nSPS) is 13.6. The summed E-state index contributed by atoms with van der Waals surface area (Å²) in [5.41, 5.74) is 13.9. The summed E-state index contributed by atoms with van der Waals surface area (Å²) in [6, 6.07) is 24.2. The highest BCUT2D eigenvalue weighted by atomic mass is 16.1. The number of rotatable bonds is 18. The third-order valence-electron chi connectivity index (χ3n) is 8.24. The maximum absolute atomic E-state index is 12.3. The lowest BCUT2D eigenvalue weighted by atomic mass is 9.86. The van der Waals surface area contributed by atoms with Gasteiger partial charge in [-0.15, -0.1) is 0 Å². The van der Waals surface area contributed by atoms with E-state index in [9.17, 15) is 9.59 Å². The molecule has 42 heavy (non-hydrogen) atoms. The van der Waals surface area contributed by atoms with E-state index in [1.807, 2.05) is 24.2 Å². The van der Waals surface area contributed by atoms with Gasteiger partial charge in [-0.1, -0.05) is 93.1 Å². The Labute approximate surface area is 252 Å². The zero-order valence-electron chi connectivity index (χ0n) is 25.9. The molecule has 3 rings (SSSR count). The van der Waals surface area contributed by atoms with Crippen molar-refractivity contribution in [2.45, 2.75) is 96.8 Å². The third kappa shape index (κ3) is 9.43. The lowest BCUT2D eigenvalue weighted by molar-refractivity contribution is -0.119. The number of hydrogen-bond acceptors (Lipinski definition) is 6. The molecule has 0 spiro atoms. The number of nitrogens with two attached hydrogens (primary N) is 2. The van der Waals surface area contributed by atoms with Crippen LogP contribution in [0.3, 0.4) is 0 Å². The Morgan fingerprint density at radius 3 is 2.05 bits per heavy atom. The van der Waals surface area contributed by atoms with Crippen LogP contribution >= 0.6 is 0 Å². The molecular weight excluding hydrogens is 520 g/mol. The summed E-state index contributed by atoms with van der Waals surface area (Å²) in [6.45, 7) is 6.41. The van der Waals surface area contributed by atoms with E-state index in [0.717, 1.165) is 54.4 Å². The number of nitrogens with one attached hydrogen (secondary N) is 1. The molecule has 0 aliphatic heterocycles. The molecule has 3 aromatic carbocycles. The molecule has 0 aromatic heterocycles. The molecule has 0 heterocycles. The molecule has 0 saturated heterocycles. The van der Waals surface area contributed by atoms with Gasteiger partial charge >= 0.3 is 0 Å². The average Bonchev–Trinajstić information content (AvgIpc) is 3.00. The van der Waals surface area contributed by atoms with Crippen LogP contribution in [0.25, 0.3) is 0 Å². The number of nitrogens with zero attached hydrogens (tertiary/aromatic N) is 1. The molecule has 5 N–H and O–H groups in total. The van der Waals surface area contributed by atoms with Crippen molar-refractivity contribution in [1.29, 1.82) is 0 Å². The fourth-order valence-corrected chi connectivity index (χ4v) is 5.73. The summed E-state index contributed by atoms with van der Waals surface area (Å²) < 4.78 is 0. The molecule has 0 saturated carbocycles. The Morgan fingerprint density at radius 2 is 1.43 bits per heavy atom. The molecule has 0 radical (unpaired) electrons. The van der Waals surface area contributed by atoms with E-state index in [1.165, 1.54) is 11.1 Å². The molecule has 6 nitrogen and oxygen atoms in total. The topological polar surface area (TPSA) is 101 Å². The Balaban J connectivity index is 1.85. The highest BCUT2D eigenvalue weighted by Gasteiger charge is 2.29. The van der Waals surface area contributed by atoms with Crippen LogP contribution in [0.4, 0.5) is 0 Å². The van der Waals surface area contributed by atoms with Gasteiger partial charge in [-0.25, -0.2) is 5.01 Å². The van der Waals surface area contributed by atoms with Gasteiger partial charge < -0.3 is 11.1 Å². The molecule has 0 amide bonds. The van der Waals surface area contributed by atoms with Gasteiger partial charge in [0.15, 0.2) is 0 Å². The van der Waals surface area contributed by atoms with Crippen LogP contribution in [0.2, 0.25) is 0 Å². The maximum atomic E-state index is 12.3. The molecule has 3 aromatic rings. The predicted octanol–water partition coefficient (Wildman–Crippen LogP) is 6.17. The van der Waals surface area contributed by atoms with Gasteiger partial charge in [-0.05, 0) is 79.5 Å². The smallest absolute Gasteiger partial charge is 0.147 e. The quantitative estimate of drug-likeness (QED) is 0.125. The van der Waals surface area contributed by atoms with Crippen LogP contribution in [0.5, 0.6) is 0 Å². The maximum Gasteiger partial charge on any atom is 0.147 e. The second-order valence-electron chi connectivity index (χ2n) is 11.4. The first-order chi connectivity index (χ1) is 20.3. The summed E-state index contributed by atoms with van der Waals surface area (Å²) in [4.78, 5) is 24.2. The summed E-state index contributed by atoms with van der Waals surface area (Å²) >= 11 is 0. The van der Waals surface area contributed by atoms with E-state index in [0.29, 0.717) is 31.6 Å². The van der Waals surface area contributed by atoms with Crippen molar-refractivity contribution in [2.75, 3.05) is 7.05 Å². The first-order valence-corrected chi connectivity index (χ1v) is 15.5. The van der Waals surface area contributed by atoms with Crippen molar-refractivity contribution < 1.29 is 9.59 Å². The number of carbonyl (C=O) groups excluding carboxylic acids is 2. The Morgan fingerprint density at radius 1 is 0.833 bits per heavy atom. The highest BCUT2D eigenvalue weighted by Crippen LogP contribution is 2.35. The Hall–Kier alpha value is -3.16. The predicted molar refractivity (Wildman–Crippen MR) is 173 cm³/mol. The number of benzene rings is 3. The lowest BCUT2D eigenvalue weighted by Gasteiger charge is -2.35. The van der Waals surface area contributed by atoms with E-state index in [-0.39, 0.29) is 23.9 Å². The summed E-state index contributed by atoms with van der Waals surface area (Å²) in [5, 5.41) is 4.96. The molecule has 0 bridgehead atoms. The van der Waals surface area contributed by atoms with E-state index in [2.05, 4.69) is 79.8 Å². The Bertz CT molecular complexity index is 1270. The van der Waals surface area contributed by atoms with Gasteiger partial charge in [0.2, 0.25) is 0 Å². The monoisotopic (exact) mass is 570 g/mol. The van der Waals surface area contributed by atoms with Crippen LogP contribution in [-0.2, 0) is 35.4 Å². The largest absolute Gasteiger partial charge is 0.322 e. The Kier molecular flexibility index (Phi) is 13.6. The number of carbonyl (C=O) groups is 2. The van der Waals surface area contributed by atoms with Gasteiger partial charge in [0, 0.05) is 19.4 Å².